The first-order valence-corrected chi connectivity index (χ1v) is 5.12. The molecule has 1 aromatic heterocycles. The van der Waals surface area contributed by atoms with E-state index < -0.39 is 6.04 Å². The summed E-state index contributed by atoms with van der Waals surface area (Å²) in [7, 11) is 0. The Hall–Kier alpha value is -1.92. The molecule has 1 atom stereocenters. The number of benzene rings is 1. The van der Waals surface area contributed by atoms with Crippen LogP contribution in [-0.2, 0) is 0 Å². The van der Waals surface area contributed by atoms with Crippen LogP contribution in [0.5, 0.6) is 0 Å². The van der Waals surface area contributed by atoms with E-state index in [2.05, 4.69) is 11.4 Å². The Balaban J connectivity index is 2.21. The van der Waals surface area contributed by atoms with Crippen molar-refractivity contribution in [2.24, 2.45) is 0 Å². The van der Waals surface area contributed by atoms with Crippen LogP contribution in [0.2, 0.25) is 5.02 Å². The third-order valence-corrected chi connectivity index (χ3v) is 2.51. The number of hydrogen-bond donors (Lipinski definition) is 1. The van der Waals surface area contributed by atoms with Gasteiger partial charge < -0.3 is 9.73 Å². The molecule has 1 heterocycles. The fourth-order valence-electron chi connectivity index (χ4n) is 1.36. The van der Waals surface area contributed by atoms with E-state index in [-0.39, 0.29) is 0 Å². The molecule has 80 valence electrons. The Kier molecular flexibility index (Phi) is 3.13. The summed E-state index contributed by atoms with van der Waals surface area (Å²) in [5.74, 6) is 0. The summed E-state index contributed by atoms with van der Waals surface area (Å²) < 4.78 is 4.94. The highest BCUT2D eigenvalue weighted by Crippen LogP contribution is 2.25. The molecule has 3 nitrogen and oxygen atoms in total. The highest BCUT2D eigenvalue weighted by Gasteiger charge is 2.12. The summed E-state index contributed by atoms with van der Waals surface area (Å²) in [6.07, 6.45) is 3.08. The van der Waals surface area contributed by atoms with Gasteiger partial charge in [0.25, 0.3) is 0 Å². The van der Waals surface area contributed by atoms with E-state index in [1.807, 2.05) is 18.2 Å². The molecule has 0 fully saturated rings. The molecule has 16 heavy (non-hydrogen) atoms. The third kappa shape index (κ3) is 2.18. The van der Waals surface area contributed by atoms with Crippen molar-refractivity contribution in [3.05, 3.63) is 53.4 Å². The third-order valence-electron chi connectivity index (χ3n) is 2.18. The molecule has 0 spiro atoms. The number of nitriles is 1. The SMILES string of the molecule is N#CC(Nc1ccccc1Cl)c1ccoc1. The first kappa shape index (κ1) is 10.6. The lowest BCUT2D eigenvalue weighted by molar-refractivity contribution is 0.563. The topological polar surface area (TPSA) is 49.0 Å². The zero-order chi connectivity index (χ0) is 11.4. The minimum atomic E-state index is -0.460. The van der Waals surface area contributed by atoms with Crippen molar-refractivity contribution in [2.75, 3.05) is 5.32 Å². The summed E-state index contributed by atoms with van der Waals surface area (Å²) in [6.45, 7) is 0. The standard InChI is InChI=1S/C12H9ClN2O/c13-10-3-1-2-4-11(10)15-12(7-14)9-5-6-16-8-9/h1-6,8,12,15H. The number of halogens is 1. The summed E-state index contributed by atoms with van der Waals surface area (Å²) in [5, 5.41) is 12.7. The normalized spacial score (nSPS) is 11.8. The molecule has 0 aliphatic rings. The second kappa shape index (κ2) is 4.73. The van der Waals surface area contributed by atoms with Crippen LogP contribution in [0, 0.1) is 11.3 Å². The van der Waals surface area contributed by atoms with Crippen LogP contribution in [0.3, 0.4) is 0 Å². The van der Waals surface area contributed by atoms with Gasteiger partial charge in [0, 0.05) is 5.56 Å². The molecule has 0 saturated carbocycles. The maximum atomic E-state index is 9.05. The number of nitrogens with one attached hydrogen (secondary N) is 1. The Bertz CT molecular complexity index is 502. The van der Waals surface area contributed by atoms with Gasteiger partial charge in [0.15, 0.2) is 0 Å². The smallest absolute Gasteiger partial charge is 0.143 e. The summed E-state index contributed by atoms with van der Waals surface area (Å²) >= 11 is 5.99. The van der Waals surface area contributed by atoms with Crippen molar-refractivity contribution in [1.29, 1.82) is 5.26 Å². The van der Waals surface area contributed by atoms with Crippen LogP contribution in [0.1, 0.15) is 11.6 Å². The Labute approximate surface area is 98.3 Å². The molecule has 2 aromatic rings. The van der Waals surface area contributed by atoms with Crippen molar-refractivity contribution in [1.82, 2.24) is 0 Å². The fourth-order valence-corrected chi connectivity index (χ4v) is 1.55. The van der Waals surface area contributed by atoms with Gasteiger partial charge in [0.2, 0.25) is 0 Å². The molecule has 1 aromatic carbocycles. The highest BCUT2D eigenvalue weighted by molar-refractivity contribution is 6.33. The Morgan fingerprint density at radius 3 is 2.75 bits per heavy atom. The first-order chi connectivity index (χ1) is 7.81. The average Bonchev–Trinajstić information content (AvgIpc) is 2.81. The van der Waals surface area contributed by atoms with E-state index in [1.165, 1.54) is 12.5 Å². The van der Waals surface area contributed by atoms with Crippen LogP contribution >= 0.6 is 11.6 Å². The molecule has 0 bridgehead atoms. The average molecular weight is 233 g/mol. The molecular weight excluding hydrogens is 224 g/mol. The van der Waals surface area contributed by atoms with Crippen LogP contribution in [0.4, 0.5) is 5.69 Å². The maximum Gasteiger partial charge on any atom is 0.143 e. The quantitative estimate of drug-likeness (QED) is 0.880. The van der Waals surface area contributed by atoms with Crippen molar-refractivity contribution in [3.63, 3.8) is 0 Å². The molecular formula is C12H9ClN2O. The zero-order valence-electron chi connectivity index (χ0n) is 8.35. The number of furan rings is 1. The van der Waals surface area contributed by atoms with E-state index in [0.29, 0.717) is 5.02 Å². The molecule has 0 radical (unpaired) electrons. The lowest BCUT2D eigenvalue weighted by Gasteiger charge is -2.12. The molecule has 4 heteroatoms. The predicted molar refractivity (Wildman–Crippen MR) is 62.1 cm³/mol. The van der Waals surface area contributed by atoms with Crippen LogP contribution in [0.25, 0.3) is 0 Å². The van der Waals surface area contributed by atoms with Crippen LogP contribution in [-0.4, -0.2) is 0 Å². The lowest BCUT2D eigenvalue weighted by Crippen LogP contribution is -2.07. The first-order valence-electron chi connectivity index (χ1n) is 4.74. The van der Waals surface area contributed by atoms with Gasteiger partial charge in [-0.25, -0.2) is 0 Å². The van der Waals surface area contributed by atoms with E-state index in [0.717, 1.165) is 11.3 Å². The molecule has 0 amide bonds. The van der Waals surface area contributed by atoms with Gasteiger partial charge in [-0.2, -0.15) is 5.26 Å². The van der Waals surface area contributed by atoms with Gasteiger partial charge in [-0.3, -0.25) is 0 Å². The van der Waals surface area contributed by atoms with Gasteiger partial charge in [-0.05, 0) is 18.2 Å². The van der Waals surface area contributed by atoms with Gasteiger partial charge in [0.1, 0.15) is 6.04 Å². The van der Waals surface area contributed by atoms with Crippen molar-refractivity contribution < 1.29 is 4.42 Å². The highest BCUT2D eigenvalue weighted by atomic mass is 35.5. The van der Waals surface area contributed by atoms with Crippen molar-refractivity contribution in [2.45, 2.75) is 6.04 Å². The minimum Gasteiger partial charge on any atom is -0.472 e. The van der Waals surface area contributed by atoms with E-state index >= 15 is 0 Å². The molecule has 0 aliphatic carbocycles. The van der Waals surface area contributed by atoms with E-state index in [1.54, 1.807) is 12.1 Å². The summed E-state index contributed by atoms with van der Waals surface area (Å²) in [4.78, 5) is 0. The van der Waals surface area contributed by atoms with Crippen molar-refractivity contribution in [3.8, 4) is 6.07 Å². The molecule has 1 N–H and O–H groups in total. The molecule has 2 rings (SSSR count). The summed E-state index contributed by atoms with van der Waals surface area (Å²) in [6, 6.07) is 10.7. The zero-order valence-corrected chi connectivity index (χ0v) is 9.11. The lowest BCUT2D eigenvalue weighted by atomic mass is 10.1. The van der Waals surface area contributed by atoms with Gasteiger partial charge in [0.05, 0.1) is 29.3 Å². The number of para-hydroxylation sites is 1. The van der Waals surface area contributed by atoms with Gasteiger partial charge in [-0.1, -0.05) is 23.7 Å². The Morgan fingerprint density at radius 2 is 2.12 bits per heavy atom. The summed E-state index contributed by atoms with van der Waals surface area (Å²) in [5.41, 5.74) is 1.51. The Morgan fingerprint density at radius 1 is 1.31 bits per heavy atom. The van der Waals surface area contributed by atoms with Crippen LogP contribution < -0.4 is 5.32 Å². The maximum absolute atomic E-state index is 9.05. The second-order valence-electron chi connectivity index (χ2n) is 3.24. The van der Waals surface area contributed by atoms with Crippen LogP contribution in [0.15, 0.2) is 47.3 Å². The monoisotopic (exact) mass is 232 g/mol. The number of anilines is 1. The van der Waals surface area contributed by atoms with E-state index in [9.17, 15) is 0 Å². The van der Waals surface area contributed by atoms with Gasteiger partial charge >= 0.3 is 0 Å². The molecule has 0 saturated heterocycles. The number of rotatable bonds is 3. The van der Waals surface area contributed by atoms with E-state index in [4.69, 9.17) is 21.3 Å². The molecule has 1 unspecified atom stereocenters. The number of nitrogens with zero attached hydrogens (tertiary/aromatic N) is 1. The largest absolute Gasteiger partial charge is 0.472 e. The van der Waals surface area contributed by atoms with Gasteiger partial charge in [-0.15, -0.1) is 0 Å². The molecule has 0 aliphatic heterocycles. The van der Waals surface area contributed by atoms with Crippen molar-refractivity contribution >= 4 is 17.3 Å². The second-order valence-corrected chi connectivity index (χ2v) is 3.65. The minimum absolute atomic E-state index is 0.460. The fraction of sp³-hybridized carbons (Fsp3) is 0.0833. The predicted octanol–water partition coefficient (Wildman–Crippen LogP) is 3.61. The number of hydrogen-bond acceptors (Lipinski definition) is 3.